The van der Waals surface area contributed by atoms with E-state index >= 15 is 0 Å². The maximum Gasteiger partial charge on any atom is 0.189 e. The molecule has 0 amide bonds. The number of ether oxygens (including phenoxy) is 3. The normalized spacial score (nSPS) is 51.7. The van der Waals surface area contributed by atoms with Gasteiger partial charge in [0.15, 0.2) is 18.8 Å². The monoisotopic (exact) mass is 344 g/mol. The molecule has 0 saturated carbocycles. The molecule has 2 aliphatic rings. The molecule has 136 valence electrons. The van der Waals surface area contributed by atoms with Crippen LogP contribution in [0.4, 0.5) is 4.39 Å². The second-order valence-electron chi connectivity index (χ2n) is 5.48. The molecule has 2 heterocycles. The largest absolute Gasteiger partial charge is 0.394 e. The molecule has 10 nitrogen and oxygen atoms in total. The fourth-order valence-electron chi connectivity index (χ4n) is 2.47. The third kappa shape index (κ3) is 3.64. The number of alkyl halides is 1. The summed E-state index contributed by atoms with van der Waals surface area (Å²) in [5.74, 6) is 0. The fraction of sp³-hybridized carbons (Fsp3) is 1.00. The number of aliphatic hydroxyl groups excluding tert-OH is 7. The average Bonchev–Trinajstić information content (AvgIpc) is 2.55. The highest BCUT2D eigenvalue weighted by atomic mass is 19.1. The van der Waals surface area contributed by atoms with Gasteiger partial charge in [-0.3, -0.25) is 0 Å². The van der Waals surface area contributed by atoms with Gasteiger partial charge < -0.3 is 50.0 Å². The zero-order valence-corrected chi connectivity index (χ0v) is 11.9. The molecular formula is C12H21FO10. The van der Waals surface area contributed by atoms with Crippen LogP contribution in [0.25, 0.3) is 0 Å². The summed E-state index contributed by atoms with van der Waals surface area (Å²) in [6.07, 6.45) is -16.9. The van der Waals surface area contributed by atoms with Gasteiger partial charge in [-0.2, -0.15) is 0 Å². The molecule has 0 spiro atoms. The summed E-state index contributed by atoms with van der Waals surface area (Å²) in [6, 6.07) is 0. The molecule has 11 heteroatoms. The van der Waals surface area contributed by atoms with Gasteiger partial charge in [0.25, 0.3) is 0 Å². The van der Waals surface area contributed by atoms with Crippen molar-refractivity contribution in [2.75, 3.05) is 13.2 Å². The van der Waals surface area contributed by atoms with Gasteiger partial charge in [-0.15, -0.1) is 0 Å². The van der Waals surface area contributed by atoms with Gasteiger partial charge in [-0.1, -0.05) is 0 Å². The van der Waals surface area contributed by atoms with E-state index < -0.39 is 74.7 Å². The van der Waals surface area contributed by atoms with Gasteiger partial charge >= 0.3 is 0 Å². The molecule has 0 radical (unpaired) electrons. The van der Waals surface area contributed by atoms with E-state index in [1.807, 2.05) is 0 Å². The minimum atomic E-state index is -2.05. The first kappa shape index (κ1) is 18.9. The van der Waals surface area contributed by atoms with Crippen molar-refractivity contribution in [3.63, 3.8) is 0 Å². The topological polar surface area (TPSA) is 169 Å². The Morgan fingerprint density at radius 2 is 1.17 bits per heavy atom. The molecule has 0 aromatic carbocycles. The van der Waals surface area contributed by atoms with Crippen LogP contribution in [0.5, 0.6) is 0 Å². The van der Waals surface area contributed by atoms with Crippen LogP contribution in [0.1, 0.15) is 0 Å². The van der Waals surface area contributed by atoms with Crippen LogP contribution in [-0.2, 0) is 14.2 Å². The molecule has 10 unspecified atom stereocenters. The lowest BCUT2D eigenvalue weighted by Crippen LogP contribution is -2.63. The molecule has 23 heavy (non-hydrogen) atoms. The molecule has 0 aromatic heterocycles. The Morgan fingerprint density at radius 1 is 0.696 bits per heavy atom. The van der Waals surface area contributed by atoms with Crippen molar-refractivity contribution < 1.29 is 54.3 Å². The first-order valence-electron chi connectivity index (χ1n) is 7.04. The van der Waals surface area contributed by atoms with Crippen LogP contribution in [0.3, 0.4) is 0 Å². The smallest absolute Gasteiger partial charge is 0.189 e. The zero-order valence-electron chi connectivity index (χ0n) is 11.9. The molecule has 2 fully saturated rings. The summed E-state index contributed by atoms with van der Waals surface area (Å²) in [5, 5.41) is 66.5. The van der Waals surface area contributed by atoms with Crippen molar-refractivity contribution in [2.24, 2.45) is 0 Å². The van der Waals surface area contributed by atoms with Crippen molar-refractivity contribution in [2.45, 2.75) is 61.5 Å². The molecule has 2 rings (SSSR count). The summed E-state index contributed by atoms with van der Waals surface area (Å²) < 4.78 is 28.7. The SMILES string of the molecule is OCC1OC(OC2OC(CO)C(F)C(O)C2O)C(O)C(O)C1O. The van der Waals surface area contributed by atoms with Crippen molar-refractivity contribution in [1.82, 2.24) is 0 Å². The van der Waals surface area contributed by atoms with E-state index in [0.717, 1.165) is 0 Å². The summed E-state index contributed by atoms with van der Waals surface area (Å²) in [4.78, 5) is 0. The fourth-order valence-corrected chi connectivity index (χ4v) is 2.47. The van der Waals surface area contributed by atoms with E-state index in [1.54, 1.807) is 0 Å². The quantitative estimate of drug-likeness (QED) is 0.264. The lowest BCUT2D eigenvalue weighted by Gasteiger charge is -2.44. The van der Waals surface area contributed by atoms with Gasteiger partial charge in [0.05, 0.1) is 13.2 Å². The van der Waals surface area contributed by atoms with Crippen LogP contribution < -0.4 is 0 Å². The molecule has 2 aliphatic heterocycles. The highest BCUT2D eigenvalue weighted by Gasteiger charge is 2.50. The van der Waals surface area contributed by atoms with Crippen LogP contribution in [0.2, 0.25) is 0 Å². The number of aliphatic hydroxyl groups is 7. The van der Waals surface area contributed by atoms with Crippen molar-refractivity contribution in [3.8, 4) is 0 Å². The van der Waals surface area contributed by atoms with Crippen molar-refractivity contribution in [3.05, 3.63) is 0 Å². The number of hydrogen-bond acceptors (Lipinski definition) is 10. The Labute approximate surface area is 130 Å². The summed E-state index contributed by atoms with van der Waals surface area (Å²) in [6.45, 7) is -1.48. The van der Waals surface area contributed by atoms with E-state index in [1.165, 1.54) is 0 Å². The highest BCUT2D eigenvalue weighted by molar-refractivity contribution is 4.92. The minimum absolute atomic E-state index is 0.687. The van der Waals surface area contributed by atoms with Crippen LogP contribution in [0, 0.1) is 0 Å². The third-order valence-corrected chi connectivity index (χ3v) is 3.92. The first-order valence-corrected chi connectivity index (χ1v) is 7.04. The predicted octanol–water partition coefficient (Wildman–Crippen LogP) is -4.42. The van der Waals surface area contributed by atoms with Crippen LogP contribution in [0.15, 0.2) is 0 Å². The Balaban J connectivity index is 2.07. The number of halogens is 1. The molecule has 0 aromatic rings. The van der Waals surface area contributed by atoms with E-state index in [0.29, 0.717) is 0 Å². The van der Waals surface area contributed by atoms with Gasteiger partial charge in [-0.05, 0) is 0 Å². The molecule has 7 N–H and O–H groups in total. The minimum Gasteiger partial charge on any atom is -0.394 e. The lowest BCUT2D eigenvalue weighted by atomic mass is 9.98. The number of rotatable bonds is 4. The van der Waals surface area contributed by atoms with Crippen LogP contribution in [-0.4, -0.2) is 110 Å². The summed E-state index contributed by atoms with van der Waals surface area (Å²) in [5.41, 5.74) is 0. The Bertz CT molecular complexity index is 349. The molecule has 0 aliphatic carbocycles. The van der Waals surface area contributed by atoms with Crippen molar-refractivity contribution >= 4 is 0 Å². The number of hydrogen-bond donors (Lipinski definition) is 7. The molecule has 10 atom stereocenters. The Morgan fingerprint density at radius 3 is 1.70 bits per heavy atom. The Hall–Kier alpha value is -0.470. The first-order chi connectivity index (χ1) is 10.8. The second-order valence-corrected chi connectivity index (χ2v) is 5.48. The second kappa shape index (κ2) is 7.61. The molecule has 2 saturated heterocycles. The Kier molecular flexibility index (Phi) is 6.24. The highest BCUT2D eigenvalue weighted by Crippen LogP contribution is 2.28. The standard InChI is InChI=1S/C12H21FO10/c13-5-3(1-14)21-11(9(19)7(5)17)23-12-10(20)8(18)6(16)4(2-15)22-12/h3-12,14-20H,1-2H2. The van der Waals surface area contributed by atoms with Crippen LogP contribution >= 0.6 is 0 Å². The average molecular weight is 344 g/mol. The van der Waals surface area contributed by atoms with Gasteiger partial charge in [-0.25, -0.2) is 4.39 Å². The van der Waals surface area contributed by atoms with E-state index in [9.17, 15) is 29.9 Å². The third-order valence-electron chi connectivity index (χ3n) is 3.92. The van der Waals surface area contributed by atoms with E-state index in [4.69, 9.17) is 24.4 Å². The van der Waals surface area contributed by atoms with E-state index in [-0.39, 0.29) is 0 Å². The van der Waals surface area contributed by atoms with Gasteiger partial charge in [0.1, 0.15) is 42.7 Å². The molecule has 0 bridgehead atoms. The van der Waals surface area contributed by atoms with E-state index in [2.05, 4.69) is 0 Å². The summed E-state index contributed by atoms with van der Waals surface area (Å²) >= 11 is 0. The zero-order chi connectivity index (χ0) is 17.3. The lowest BCUT2D eigenvalue weighted by molar-refractivity contribution is -0.373. The maximum atomic E-state index is 13.6. The van der Waals surface area contributed by atoms with Gasteiger partial charge in [0, 0.05) is 0 Å². The predicted molar refractivity (Wildman–Crippen MR) is 67.5 cm³/mol. The van der Waals surface area contributed by atoms with Gasteiger partial charge in [0.2, 0.25) is 0 Å². The van der Waals surface area contributed by atoms with Crippen molar-refractivity contribution in [1.29, 1.82) is 0 Å². The molecular weight excluding hydrogens is 323 g/mol. The summed E-state index contributed by atoms with van der Waals surface area (Å²) in [7, 11) is 0. The maximum absolute atomic E-state index is 13.6.